The first kappa shape index (κ1) is 15.6. The molecule has 0 aromatic heterocycles. The fourth-order valence-corrected chi connectivity index (χ4v) is 2.04. The highest BCUT2D eigenvalue weighted by Crippen LogP contribution is 2.28. The minimum absolute atomic E-state index is 0.248. The molecule has 2 rings (SSSR count). The molecule has 2 aromatic carbocycles. The zero-order chi connectivity index (χ0) is 15.2. The molecule has 0 aliphatic carbocycles. The maximum Gasteiger partial charge on any atom is 0.138 e. The number of hydrogen-bond donors (Lipinski definition) is 1. The summed E-state index contributed by atoms with van der Waals surface area (Å²) in [4.78, 5) is 0. The summed E-state index contributed by atoms with van der Waals surface area (Å²) in [6, 6.07) is 8.80. The minimum Gasteiger partial charge on any atom is -0.492 e. The van der Waals surface area contributed by atoms with Gasteiger partial charge < -0.3 is 10.1 Å². The number of hydrogen-bond acceptors (Lipinski definition) is 2. The van der Waals surface area contributed by atoms with Gasteiger partial charge in [0.1, 0.15) is 17.4 Å². The van der Waals surface area contributed by atoms with Gasteiger partial charge in [-0.3, -0.25) is 0 Å². The molecule has 0 amide bonds. The maximum atomic E-state index is 13.5. The second kappa shape index (κ2) is 7.27. The van der Waals surface area contributed by atoms with E-state index in [1.165, 1.54) is 12.1 Å². The van der Waals surface area contributed by atoms with Gasteiger partial charge in [-0.2, -0.15) is 0 Å². The standard InChI is InChI=1S/C16H16ClF2NO/c1-2-7-21-16-6-5-13(9-14(16)17)20-10-11-3-4-12(18)8-15(11)19/h3-6,8-9,20H,2,7,10H2,1H3. The smallest absolute Gasteiger partial charge is 0.138 e. The van der Waals surface area contributed by atoms with Crippen molar-refractivity contribution in [2.24, 2.45) is 0 Å². The summed E-state index contributed by atoms with van der Waals surface area (Å²) in [5.74, 6) is -0.537. The van der Waals surface area contributed by atoms with Crippen molar-refractivity contribution in [2.75, 3.05) is 11.9 Å². The van der Waals surface area contributed by atoms with E-state index in [4.69, 9.17) is 16.3 Å². The van der Waals surface area contributed by atoms with Gasteiger partial charge in [-0.1, -0.05) is 24.6 Å². The van der Waals surface area contributed by atoms with Crippen LogP contribution >= 0.6 is 11.6 Å². The van der Waals surface area contributed by atoms with E-state index in [1.807, 2.05) is 6.92 Å². The molecule has 1 N–H and O–H groups in total. The van der Waals surface area contributed by atoms with E-state index in [9.17, 15) is 8.78 Å². The summed E-state index contributed by atoms with van der Waals surface area (Å²) in [5.41, 5.74) is 1.13. The van der Waals surface area contributed by atoms with E-state index in [-0.39, 0.29) is 6.54 Å². The van der Waals surface area contributed by atoms with Gasteiger partial charge in [0.2, 0.25) is 0 Å². The Kier molecular flexibility index (Phi) is 5.39. The molecule has 0 bridgehead atoms. The fraction of sp³-hybridized carbons (Fsp3) is 0.250. The molecule has 0 aliphatic rings. The normalized spacial score (nSPS) is 10.5. The Hall–Kier alpha value is -1.81. The van der Waals surface area contributed by atoms with E-state index < -0.39 is 11.6 Å². The molecule has 2 aromatic rings. The van der Waals surface area contributed by atoms with Gasteiger partial charge in [-0.05, 0) is 30.7 Å². The van der Waals surface area contributed by atoms with Crippen molar-refractivity contribution in [1.82, 2.24) is 0 Å². The Morgan fingerprint density at radius 2 is 1.95 bits per heavy atom. The molecule has 0 aliphatic heterocycles. The van der Waals surface area contributed by atoms with Crippen LogP contribution in [0.4, 0.5) is 14.5 Å². The fourth-order valence-electron chi connectivity index (χ4n) is 1.80. The van der Waals surface area contributed by atoms with Crippen LogP contribution in [-0.2, 0) is 6.54 Å². The average molecular weight is 312 g/mol. The lowest BCUT2D eigenvalue weighted by atomic mass is 10.2. The van der Waals surface area contributed by atoms with Crippen LogP contribution in [0.3, 0.4) is 0 Å². The maximum absolute atomic E-state index is 13.5. The first-order valence-electron chi connectivity index (χ1n) is 6.70. The molecule has 0 spiro atoms. The molecular formula is C16H16ClF2NO. The summed E-state index contributed by atoms with van der Waals surface area (Å²) in [6.45, 7) is 2.87. The van der Waals surface area contributed by atoms with E-state index in [1.54, 1.807) is 18.2 Å². The third kappa shape index (κ3) is 4.33. The third-order valence-electron chi connectivity index (χ3n) is 2.89. The molecule has 0 saturated heterocycles. The molecule has 0 fully saturated rings. The van der Waals surface area contributed by atoms with E-state index in [2.05, 4.69) is 5.32 Å². The van der Waals surface area contributed by atoms with Crippen LogP contribution in [-0.4, -0.2) is 6.61 Å². The number of benzene rings is 2. The number of nitrogens with one attached hydrogen (secondary N) is 1. The molecule has 0 unspecified atom stereocenters. The topological polar surface area (TPSA) is 21.3 Å². The van der Waals surface area contributed by atoms with E-state index in [0.29, 0.717) is 22.9 Å². The van der Waals surface area contributed by atoms with Crippen LogP contribution in [0.2, 0.25) is 5.02 Å². The predicted molar refractivity (Wildman–Crippen MR) is 80.9 cm³/mol. The average Bonchev–Trinajstić information content (AvgIpc) is 2.45. The van der Waals surface area contributed by atoms with Gasteiger partial charge in [0.25, 0.3) is 0 Å². The van der Waals surface area contributed by atoms with E-state index >= 15 is 0 Å². The van der Waals surface area contributed by atoms with Crippen LogP contribution in [0.1, 0.15) is 18.9 Å². The summed E-state index contributed by atoms with van der Waals surface area (Å²) < 4.78 is 31.8. The van der Waals surface area contributed by atoms with Gasteiger partial charge in [-0.25, -0.2) is 8.78 Å². The minimum atomic E-state index is -0.586. The first-order valence-corrected chi connectivity index (χ1v) is 7.08. The van der Waals surface area contributed by atoms with Crippen molar-refractivity contribution in [3.63, 3.8) is 0 Å². The van der Waals surface area contributed by atoms with Crippen molar-refractivity contribution < 1.29 is 13.5 Å². The Bertz CT molecular complexity index is 619. The zero-order valence-electron chi connectivity index (χ0n) is 11.6. The Labute approximate surface area is 127 Å². The second-order valence-corrected chi connectivity index (χ2v) is 4.99. The van der Waals surface area contributed by atoms with Crippen molar-refractivity contribution in [3.05, 3.63) is 58.6 Å². The number of rotatable bonds is 6. The largest absolute Gasteiger partial charge is 0.492 e. The molecule has 0 radical (unpaired) electrons. The van der Waals surface area contributed by atoms with Gasteiger partial charge in [0.15, 0.2) is 0 Å². The van der Waals surface area contributed by atoms with Crippen LogP contribution in [0, 0.1) is 11.6 Å². The van der Waals surface area contributed by atoms with Gasteiger partial charge in [0.05, 0.1) is 11.6 Å². The first-order chi connectivity index (χ1) is 10.1. The monoisotopic (exact) mass is 311 g/mol. The van der Waals surface area contributed by atoms with Gasteiger partial charge in [0, 0.05) is 23.9 Å². The quantitative estimate of drug-likeness (QED) is 0.809. The van der Waals surface area contributed by atoms with Crippen LogP contribution in [0.25, 0.3) is 0 Å². The Morgan fingerprint density at radius 3 is 2.62 bits per heavy atom. The van der Waals surface area contributed by atoms with Gasteiger partial charge in [-0.15, -0.1) is 0 Å². The molecule has 0 heterocycles. The van der Waals surface area contributed by atoms with E-state index in [0.717, 1.165) is 18.2 Å². The van der Waals surface area contributed by atoms with Crippen LogP contribution in [0.5, 0.6) is 5.75 Å². The number of ether oxygens (including phenoxy) is 1. The molecule has 21 heavy (non-hydrogen) atoms. The Balaban J connectivity index is 2.01. The van der Waals surface area contributed by atoms with Crippen LogP contribution in [0.15, 0.2) is 36.4 Å². The number of anilines is 1. The summed E-state index contributed by atoms with van der Waals surface area (Å²) in [7, 11) is 0. The summed E-state index contributed by atoms with van der Waals surface area (Å²) >= 11 is 6.11. The van der Waals surface area contributed by atoms with Crippen molar-refractivity contribution in [3.8, 4) is 5.75 Å². The molecular weight excluding hydrogens is 296 g/mol. The summed E-state index contributed by atoms with van der Waals surface area (Å²) in [5, 5.41) is 3.54. The lowest BCUT2D eigenvalue weighted by molar-refractivity contribution is 0.317. The van der Waals surface area contributed by atoms with Gasteiger partial charge >= 0.3 is 0 Å². The van der Waals surface area contributed by atoms with Crippen molar-refractivity contribution in [2.45, 2.75) is 19.9 Å². The molecule has 112 valence electrons. The van der Waals surface area contributed by atoms with Crippen LogP contribution < -0.4 is 10.1 Å². The highest BCUT2D eigenvalue weighted by molar-refractivity contribution is 6.32. The van der Waals surface area contributed by atoms with Crippen molar-refractivity contribution >= 4 is 17.3 Å². The summed E-state index contributed by atoms with van der Waals surface area (Å²) in [6.07, 6.45) is 0.903. The molecule has 0 saturated carbocycles. The highest BCUT2D eigenvalue weighted by Gasteiger charge is 2.06. The predicted octanol–water partition coefficient (Wildman–Crippen LogP) is 5.02. The number of halogens is 3. The SMILES string of the molecule is CCCOc1ccc(NCc2ccc(F)cc2F)cc1Cl. The lowest BCUT2D eigenvalue weighted by Crippen LogP contribution is -2.02. The molecule has 5 heteroatoms. The zero-order valence-corrected chi connectivity index (χ0v) is 12.4. The molecule has 2 nitrogen and oxygen atoms in total. The second-order valence-electron chi connectivity index (χ2n) is 4.58. The highest BCUT2D eigenvalue weighted by atomic mass is 35.5. The Morgan fingerprint density at radius 1 is 1.14 bits per heavy atom. The van der Waals surface area contributed by atoms with Crippen molar-refractivity contribution in [1.29, 1.82) is 0 Å². The lowest BCUT2D eigenvalue weighted by Gasteiger charge is -2.11. The molecule has 0 atom stereocenters. The third-order valence-corrected chi connectivity index (χ3v) is 3.19.